The van der Waals surface area contributed by atoms with Crippen LogP contribution in [0.15, 0.2) is 48.4 Å². The normalized spacial score (nSPS) is 19.9. The molecule has 0 spiro atoms. The van der Waals surface area contributed by atoms with Gasteiger partial charge in [-0.15, -0.1) is 0 Å². The SMILES string of the molecule is C=C/C=C(\CCCC)N1CCCC1.C=C1C=C(N(C)C)CC(C)(C)C1. The van der Waals surface area contributed by atoms with E-state index in [-0.39, 0.29) is 0 Å². The Balaban J connectivity index is 0.000000251. The van der Waals surface area contributed by atoms with Gasteiger partial charge >= 0.3 is 0 Å². The number of allylic oxidation sites excluding steroid dienone is 6. The van der Waals surface area contributed by atoms with Gasteiger partial charge in [0.2, 0.25) is 0 Å². The summed E-state index contributed by atoms with van der Waals surface area (Å²) in [5, 5.41) is 0. The first kappa shape index (κ1) is 21.6. The van der Waals surface area contributed by atoms with Gasteiger partial charge in [0.05, 0.1) is 0 Å². The molecule has 1 saturated heterocycles. The van der Waals surface area contributed by atoms with Gasteiger partial charge in [-0.3, -0.25) is 0 Å². The van der Waals surface area contributed by atoms with E-state index in [9.17, 15) is 0 Å². The first-order valence-electron chi connectivity index (χ1n) is 9.91. The predicted molar refractivity (Wildman–Crippen MR) is 113 cm³/mol. The summed E-state index contributed by atoms with van der Waals surface area (Å²) in [7, 11) is 4.20. The van der Waals surface area contributed by atoms with Crippen molar-refractivity contribution >= 4 is 0 Å². The van der Waals surface area contributed by atoms with Crippen LogP contribution < -0.4 is 0 Å². The van der Waals surface area contributed by atoms with Crippen molar-refractivity contribution in [2.45, 2.75) is 65.7 Å². The summed E-state index contributed by atoms with van der Waals surface area (Å²) >= 11 is 0. The molecule has 25 heavy (non-hydrogen) atoms. The van der Waals surface area contributed by atoms with E-state index >= 15 is 0 Å². The lowest BCUT2D eigenvalue weighted by molar-refractivity contribution is 0.309. The van der Waals surface area contributed by atoms with Gasteiger partial charge in [0.15, 0.2) is 0 Å². The fraction of sp³-hybridized carbons (Fsp3) is 0.652. The molecule has 142 valence electrons. The van der Waals surface area contributed by atoms with Crippen molar-refractivity contribution in [3.63, 3.8) is 0 Å². The zero-order valence-electron chi connectivity index (χ0n) is 17.4. The molecule has 0 atom stereocenters. The van der Waals surface area contributed by atoms with E-state index in [1.807, 2.05) is 6.08 Å². The molecule has 1 aliphatic heterocycles. The van der Waals surface area contributed by atoms with E-state index in [2.05, 4.69) is 70.0 Å². The zero-order valence-corrected chi connectivity index (χ0v) is 17.4. The molecule has 1 aliphatic carbocycles. The van der Waals surface area contributed by atoms with Crippen molar-refractivity contribution < 1.29 is 0 Å². The molecule has 0 aromatic heterocycles. The Bertz CT molecular complexity index is 488. The molecule has 0 unspecified atom stereocenters. The summed E-state index contributed by atoms with van der Waals surface area (Å²) in [5.74, 6) is 0. The summed E-state index contributed by atoms with van der Waals surface area (Å²) in [5.41, 5.74) is 4.55. The molecular weight excluding hydrogens is 304 g/mol. The van der Waals surface area contributed by atoms with Crippen LogP contribution >= 0.6 is 0 Å². The first-order chi connectivity index (χ1) is 11.8. The standard InChI is InChI=1S/C12H21N.C11H19N/c1-3-5-9-12(8-4-2)13-10-6-7-11-13;1-9-6-10(12(4)5)8-11(2,3)7-9/h4,8H,2-3,5-7,9-11H2,1H3;6H,1,7-8H2,2-5H3/b12-8+;. The van der Waals surface area contributed by atoms with Crippen LogP contribution in [-0.4, -0.2) is 37.0 Å². The van der Waals surface area contributed by atoms with Gasteiger partial charge in [0, 0.05) is 38.6 Å². The van der Waals surface area contributed by atoms with Gasteiger partial charge in [0.1, 0.15) is 0 Å². The monoisotopic (exact) mass is 344 g/mol. The summed E-state index contributed by atoms with van der Waals surface area (Å²) in [6.07, 6.45) is 15.1. The minimum Gasteiger partial charge on any atom is -0.381 e. The number of unbranched alkanes of at least 4 members (excludes halogenated alkanes) is 1. The fourth-order valence-corrected chi connectivity index (χ4v) is 3.64. The molecule has 0 radical (unpaired) electrons. The summed E-state index contributed by atoms with van der Waals surface area (Å²) in [6, 6.07) is 0. The van der Waals surface area contributed by atoms with Crippen LogP contribution in [0.2, 0.25) is 0 Å². The Morgan fingerprint density at radius 2 is 1.88 bits per heavy atom. The van der Waals surface area contributed by atoms with Gasteiger partial charge in [-0.2, -0.15) is 0 Å². The summed E-state index contributed by atoms with van der Waals surface area (Å²) < 4.78 is 0. The Morgan fingerprint density at radius 3 is 2.36 bits per heavy atom. The molecule has 2 nitrogen and oxygen atoms in total. The molecule has 0 bridgehead atoms. The Morgan fingerprint density at radius 1 is 1.24 bits per heavy atom. The average Bonchev–Trinajstić information content (AvgIpc) is 3.04. The largest absolute Gasteiger partial charge is 0.381 e. The number of hydrogen-bond donors (Lipinski definition) is 0. The van der Waals surface area contributed by atoms with E-state index in [0.717, 1.165) is 6.42 Å². The molecule has 1 heterocycles. The lowest BCUT2D eigenvalue weighted by atomic mass is 9.77. The smallest absolute Gasteiger partial charge is 0.0175 e. The van der Waals surface area contributed by atoms with E-state index in [0.29, 0.717) is 5.41 Å². The van der Waals surface area contributed by atoms with Gasteiger partial charge in [-0.25, -0.2) is 0 Å². The number of likely N-dealkylation sites (tertiary alicyclic amines) is 1. The van der Waals surface area contributed by atoms with Crippen molar-refractivity contribution in [1.29, 1.82) is 0 Å². The second-order valence-corrected chi connectivity index (χ2v) is 8.40. The molecule has 0 amide bonds. The van der Waals surface area contributed by atoms with Gasteiger partial charge in [-0.05, 0) is 56.1 Å². The van der Waals surface area contributed by atoms with Crippen molar-refractivity contribution in [2.75, 3.05) is 27.2 Å². The minimum absolute atomic E-state index is 0.394. The van der Waals surface area contributed by atoms with Crippen LogP contribution in [0.5, 0.6) is 0 Å². The van der Waals surface area contributed by atoms with Crippen LogP contribution in [-0.2, 0) is 0 Å². The Kier molecular flexibility index (Phi) is 9.10. The highest BCUT2D eigenvalue weighted by atomic mass is 15.1. The Labute approximate surface area is 157 Å². The summed E-state index contributed by atoms with van der Waals surface area (Å²) in [6.45, 7) is 17.2. The van der Waals surface area contributed by atoms with Crippen LogP contribution in [0, 0.1) is 5.41 Å². The van der Waals surface area contributed by atoms with Gasteiger partial charge in [-0.1, -0.05) is 52.0 Å². The summed E-state index contributed by atoms with van der Waals surface area (Å²) in [4.78, 5) is 4.70. The van der Waals surface area contributed by atoms with Gasteiger partial charge < -0.3 is 9.80 Å². The minimum atomic E-state index is 0.394. The molecule has 0 aromatic rings. The zero-order chi connectivity index (χ0) is 18.9. The topological polar surface area (TPSA) is 6.48 Å². The molecule has 0 aromatic carbocycles. The molecule has 2 rings (SSSR count). The third-order valence-electron chi connectivity index (χ3n) is 4.92. The molecular formula is C23H40N2. The third-order valence-corrected chi connectivity index (χ3v) is 4.92. The first-order valence-corrected chi connectivity index (χ1v) is 9.91. The maximum absolute atomic E-state index is 4.04. The molecule has 1 fully saturated rings. The number of rotatable bonds is 6. The van der Waals surface area contributed by atoms with E-state index in [4.69, 9.17) is 0 Å². The lowest BCUT2D eigenvalue weighted by Gasteiger charge is -2.33. The highest BCUT2D eigenvalue weighted by Crippen LogP contribution is 2.37. The quantitative estimate of drug-likeness (QED) is 0.533. The van der Waals surface area contributed by atoms with Crippen LogP contribution in [0.4, 0.5) is 0 Å². The van der Waals surface area contributed by atoms with Crippen LogP contribution in [0.3, 0.4) is 0 Å². The van der Waals surface area contributed by atoms with Crippen LogP contribution in [0.1, 0.15) is 65.7 Å². The molecule has 0 saturated carbocycles. The van der Waals surface area contributed by atoms with E-state index in [1.54, 1.807) is 0 Å². The van der Waals surface area contributed by atoms with Crippen molar-refractivity contribution in [3.8, 4) is 0 Å². The van der Waals surface area contributed by atoms with Gasteiger partial charge in [0.25, 0.3) is 0 Å². The molecule has 2 aliphatic rings. The van der Waals surface area contributed by atoms with Crippen LogP contribution in [0.25, 0.3) is 0 Å². The average molecular weight is 345 g/mol. The van der Waals surface area contributed by atoms with Crippen molar-refractivity contribution in [1.82, 2.24) is 9.80 Å². The van der Waals surface area contributed by atoms with E-state index < -0.39 is 0 Å². The number of nitrogens with zero attached hydrogens (tertiary/aromatic N) is 2. The fourth-order valence-electron chi connectivity index (χ4n) is 3.64. The third kappa shape index (κ3) is 7.98. The predicted octanol–water partition coefficient (Wildman–Crippen LogP) is 6.15. The van der Waals surface area contributed by atoms with Crippen molar-refractivity contribution in [3.05, 3.63) is 48.4 Å². The lowest BCUT2D eigenvalue weighted by Crippen LogP contribution is -2.23. The molecule has 2 heteroatoms. The molecule has 0 N–H and O–H groups in total. The highest BCUT2D eigenvalue weighted by molar-refractivity contribution is 5.26. The second-order valence-electron chi connectivity index (χ2n) is 8.40. The number of hydrogen-bond acceptors (Lipinski definition) is 2. The van der Waals surface area contributed by atoms with E-state index in [1.165, 1.54) is 68.6 Å². The Hall–Kier alpha value is -1.44. The maximum atomic E-state index is 4.04. The maximum Gasteiger partial charge on any atom is 0.0175 e. The second kappa shape index (κ2) is 10.5. The van der Waals surface area contributed by atoms with Crippen molar-refractivity contribution in [2.24, 2.45) is 5.41 Å². The highest BCUT2D eigenvalue weighted by Gasteiger charge is 2.25.